The van der Waals surface area contributed by atoms with Gasteiger partial charge in [0.1, 0.15) is 34.3 Å². The zero-order chi connectivity index (χ0) is 93.2. The Morgan fingerprint density at radius 2 is 0.629 bits per heavy atom. The number of aryl methyl sites for hydroxylation is 3. The minimum atomic E-state index is -0.251. The molecule has 5 amide bonds. The number of carbonyl (C=O) groups is 5. The average Bonchev–Trinajstić information content (AvgIpc) is 2.05. The van der Waals surface area contributed by atoms with Crippen LogP contribution in [0.25, 0.3) is 110 Å². The van der Waals surface area contributed by atoms with E-state index in [1.54, 1.807) is 12.1 Å². The molecule has 17 rings (SSSR count). The van der Waals surface area contributed by atoms with Crippen molar-refractivity contribution in [1.82, 2.24) is 51.5 Å². The van der Waals surface area contributed by atoms with E-state index in [-0.39, 0.29) is 66.3 Å². The molecule has 28 N–H and O–H groups in total. The smallest absolute Gasteiger partial charge is 0.267 e. The van der Waals surface area contributed by atoms with E-state index < -0.39 is 0 Å². The lowest BCUT2D eigenvalue weighted by atomic mass is 10.0. The summed E-state index contributed by atoms with van der Waals surface area (Å²) in [7, 11) is 0. The molecular weight excluding hydrogens is 1660 g/mol. The van der Waals surface area contributed by atoms with E-state index in [1.807, 2.05) is 103 Å². The average molecular weight is 1780 g/mol. The van der Waals surface area contributed by atoms with Crippen molar-refractivity contribution in [2.24, 2.45) is 63.4 Å². The molecule has 2 aliphatic rings. The monoisotopic (exact) mass is 1780 g/mol. The fourth-order valence-electron chi connectivity index (χ4n) is 16.1. The van der Waals surface area contributed by atoms with E-state index >= 15 is 0 Å². The van der Waals surface area contributed by atoms with Gasteiger partial charge in [0, 0.05) is 111 Å². The van der Waals surface area contributed by atoms with E-state index in [1.165, 1.54) is 28.8 Å². The number of rotatable bonds is 32. The predicted molar refractivity (Wildman–Crippen MR) is 531 cm³/mol. The molecule has 688 valence electrons. The second-order valence-electron chi connectivity index (χ2n) is 34.3. The van der Waals surface area contributed by atoms with Crippen LogP contribution in [0.5, 0.6) is 11.5 Å². The number of fused-ring (bicyclic) bond motifs is 6. The fourth-order valence-corrected chi connectivity index (χ4v) is 16.1. The van der Waals surface area contributed by atoms with Gasteiger partial charge in [-0.15, -0.1) is 0 Å². The van der Waals surface area contributed by atoms with Gasteiger partial charge in [-0.25, -0.2) is 4.39 Å². The lowest BCUT2D eigenvalue weighted by Gasteiger charge is -2.11. The molecule has 0 radical (unpaired) electrons. The zero-order valence-electron chi connectivity index (χ0n) is 75.3. The molecule has 27 heteroatoms. The Morgan fingerprint density at radius 1 is 0.326 bits per heavy atom. The topological polar surface area (TPSA) is 477 Å². The van der Waals surface area contributed by atoms with Crippen LogP contribution in [0, 0.1) is 38.4 Å². The van der Waals surface area contributed by atoms with Gasteiger partial charge in [-0.1, -0.05) is 162 Å². The van der Waals surface area contributed by atoms with E-state index in [0.717, 1.165) is 186 Å². The Kier molecular flexibility index (Phi) is 34.0. The molecule has 15 aromatic rings. The van der Waals surface area contributed by atoms with Gasteiger partial charge in [0.2, 0.25) is 6.79 Å². The SMILES string of the molecule is Cc1ccc(-c2ccc3[nH]c(C(=O)NC[C@H](N)CCCN)cc3c2)cc1.Cc1ccc(-c2ccc3cc(C(=O)NC[C@@H](N)CCN)[nH]c3c2)cc1.Cc1ccc(-c2ccc3cc(C(=O)NC[C@H](N)CCCN)[nH]c3c2)cc1.NCCC[C@@H](N)CNC(=O)c1cc2ccc(-c3ccc4c(c3)OCO4)cc2[nH]1.NC[C@@H]1CC[C@H](CNC(=O)c2cc3ccc(-c4ccc(F)cc4)cc3[nH]2)C1. The van der Waals surface area contributed by atoms with E-state index in [9.17, 15) is 28.4 Å². The Morgan fingerprint density at radius 3 is 1.00 bits per heavy atom. The molecule has 6 atom stereocenters. The van der Waals surface area contributed by atoms with Crippen LogP contribution in [-0.4, -0.2) is 151 Å². The van der Waals surface area contributed by atoms with Crippen LogP contribution >= 0.6 is 0 Å². The first-order valence-electron chi connectivity index (χ1n) is 45.4. The lowest BCUT2D eigenvalue weighted by molar-refractivity contribution is 0.0936. The van der Waals surface area contributed by atoms with Crippen LogP contribution in [-0.2, 0) is 0 Å². The zero-order valence-corrected chi connectivity index (χ0v) is 75.3. The molecule has 26 nitrogen and oxygen atoms in total. The summed E-state index contributed by atoms with van der Waals surface area (Å²) in [6.45, 7) is 12.0. The molecule has 0 spiro atoms. The lowest BCUT2D eigenvalue weighted by Crippen LogP contribution is -2.38. The van der Waals surface area contributed by atoms with Crippen LogP contribution in [0.15, 0.2) is 237 Å². The van der Waals surface area contributed by atoms with Crippen molar-refractivity contribution in [3.63, 3.8) is 0 Å². The quantitative estimate of drug-likeness (QED) is 0.0186. The standard InChI is InChI=1S/C22H24FN3O.C21H24N4O3.2C21H26N4O.C20H24N4O/c23-19-7-5-16(6-8-19)17-3-4-18-11-21(26-20(18)10-17)22(27)25-13-15-2-1-14(9-15)12-24;22-7-1-2-16(23)11-24-21(26)18-9-15-4-3-13(8-17(15)25-18)14-5-6-19-20(10-14)28-12-27-19;1-14-4-6-15(7-5-14)16-8-9-19-17(11-16)12-20(25-19)21(26)24-13-18(23)3-2-10-22;1-14-4-6-15(7-5-14)16-8-9-17-12-20(25-19(17)11-16)21(26)24-13-18(23)3-2-10-22;1-13-2-4-14(5-3-13)15-6-7-16-11-19(24-18(16)10-15)20(25)23-12-17(22)8-9-21/h3-8,10-11,14-15,26H,1-2,9,12-13,24H2,(H,25,27);3-6,8-10,16,25H,1-2,7,11-12,22-23H2,(H,24,26);2*4-9,11-12,18,25H,2-3,10,13,22-23H2,1H3,(H,24,26);2-7,10-11,17,24H,8-9,12,21-22H2,1H3,(H,23,25)/t14-,15+;16-;2*18-;17-/m11110/s1. The minimum absolute atomic E-state index is 0.0694. The summed E-state index contributed by atoms with van der Waals surface area (Å²) in [6.07, 6.45) is 9.08. The highest BCUT2D eigenvalue weighted by atomic mass is 19.1. The van der Waals surface area contributed by atoms with Gasteiger partial charge in [0.15, 0.2) is 11.5 Å². The number of aromatic nitrogens is 5. The number of benzene rings is 10. The van der Waals surface area contributed by atoms with Crippen molar-refractivity contribution in [3.05, 3.63) is 288 Å². The van der Waals surface area contributed by atoms with Gasteiger partial charge < -0.3 is 113 Å². The third kappa shape index (κ3) is 26.6. The predicted octanol–water partition coefficient (Wildman–Crippen LogP) is 14.9. The Hall–Kier alpha value is -13.6. The maximum Gasteiger partial charge on any atom is 0.267 e. The second kappa shape index (κ2) is 46.8. The summed E-state index contributed by atoms with van der Waals surface area (Å²) in [5.41, 5.74) is 73.3. The van der Waals surface area contributed by atoms with Crippen molar-refractivity contribution in [2.75, 3.05) is 72.2 Å². The summed E-state index contributed by atoms with van der Waals surface area (Å²) in [6, 6.07) is 77.0. The third-order valence-electron chi connectivity index (χ3n) is 23.9. The van der Waals surface area contributed by atoms with Crippen molar-refractivity contribution in [2.45, 2.75) is 109 Å². The van der Waals surface area contributed by atoms with Gasteiger partial charge in [-0.3, -0.25) is 24.0 Å². The first-order valence-corrected chi connectivity index (χ1v) is 45.4. The number of hydrogen-bond acceptors (Lipinski definition) is 16. The van der Waals surface area contributed by atoms with Crippen LogP contribution in [0.1, 0.15) is 133 Å². The number of nitrogens with two attached hydrogens (primary N) is 9. The normalized spacial score (nSPS) is 14.0. The number of aromatic amines is 5. The van der Waals surface area contributed by atoms with Crippen molar-refractivity contribution in [1.29, 1.82) is 0 Å². The maximum atomic E-state index is 13.1. The van der Waals surface area contributed by atoms with Crippen molar-refractivity contribution < 1.29 is 37.8 Å². The van der Waals surface area contributed by atoms with E-state index in [2.05, 4.69) is 181 Å². The van der Waals surface area contributed by atoms with Crippen LogP contribution in [0.4, 0.5) is 4.39 Å². The first-order chi connectivity index (χ1) is 63.9. The molecule has 5 aromatic heterocycles. The fraction of sp³-hybridized carbons (Fsp3) is 0.286. The molecule has 1 saturated carbocycles. The molecule has 10 aromatic carbocycles. The van der Waals surface area contributed by atoms with Gasteiger partial charge in [-0.05, 0) is 276 Å². The van der Waals surface area contributed by atoms with Gasteiger partial charge in [0.25, 0.3) is 29.5 Å². The highest BCUT2D eigenvalue weighted by molar-refractivity contribution is 6.03. The van der Waals surface area contributed by atoms with Crippen molar-refractivity contribution in [3.8, 4) is 67.1 Å². The highest BCUT2D eigenvalue weighted by Gasteiger charge is 2.26. The number of nitrogens with one attached hydrogen (secondary N) is 10. The third-order valence-corrected chi connectivity index (χ3v) is 23.9. The second-order valence-corrected chi connectivity index (χ2v) is 34.3. The highest BCUT2D eigenvalue weighted by Crippen LogP contribution is 2.38. The number of H-pyrrole nitrogens is 5. The number of ether oxygens (including phenoxy) is 2. The first kappa shape index (κ1) is 96.0. The summed E-state index contributed by atoms with van der Waals surface area (Å²) in [5.74, 6) is 1.71. The molecule has 132 heavy (non-hydrogen) atoms. The van der Waals surface area contributed by atoms with Crippen LogP contribution < -0.4 is 87.7 Å². The minimum Gasteiger partial charge on any atom is -0.454 e. The van der Waals surface area contributed by atoms with E-state index in [4.69, 9.17) is 61.1 Å². The molecule has 1 aliphatic heterocycles. The van der Waals surface area contributed by atoms with Crippen LogP contribution in [0.3, 0.4) is 0 Å². The summed E-state index contributed by atoms with van der Waals surface area (Å²) in [4.78, 5) is 77.9. The summed E-state index contributed by atoms with van der Waals surface area (Å²) >= 11 is 0. The Bertz CT molecular complexity index is 6210. The molecule has 0 unspecified atom stereocenters. The number of hydrogen-bond donors (Lipinski definition) is 19. The molecule has 0 bridgehead atoms. The maximum absolute atomic E-state index is 13.1. The van der Waals surface area contributed by atoms with Gasteiger partial charge >= 0.3 is 0 Å². The number of halogens is 1. The Balaban J connectivity index is 0.000000140. The van der Waals surface area contributed by atoms with Gasteiger partial charge in [-0.2, -0.15) is 0 Å². The van der Waals surface area contributed by atoms with Crippen LogP contribution in [0.2, 0.25) is 0 Å². The van der Waals surface area contributed by atoms with Gasteiger partial charge in [0.05, 0.1) is 0 Å². The summed E-state index contributed by atoms with van der Waals surface area (Å²) < 4.78 is 23.9. The Labute approximate surface area is 768 Å². The molecule has 6 heterocycles. The largest absolute Gasteiger partial charge is 0.454 e. The molecular formula is C105H124FN19O7. The van der Waals surface area contributed by atoms with Crippen molar-refractivity contribution >= 4 is 84.1 Å². The number of amides is 5. The molecule has 0 saturated heterocycles. The molecule has 1 fully saturated rings. The summed E-state index contributed by atoms with van der Waals surface area (Å²) in [5, 5.41) is 19.5. The molecule has 1 aliphatic carbocycles. The number of carbonyl (C=O) groups excluding carboxylic acids is 5. The van der Waals surface area contributed by atoms with E-state index in [0.29, 0.717) is 106 Å².